The number of carbonyl (C=O) groups is 4. The third-order valence-electron chi connectivity index (χ3n) is 13.0. The van der Waals surface area contributed by atoms with Crippen molar-refractivity contribution in [1.29, 1.82) is 0 Å². The number of carbonyl (C=O) groups excluding carboxylic acids is 4. The SMILES string of the molecule is COCCN(CC(C)=O)C(=O)CN(CCOC)C(=O)CN(C)CCC[n+]1cc([C@]2(O)CCC3C4CCC5=CC(=O)CC[C@]5(C)C4CC[C@@]32C)n[nH]1. The summed E-state index contributed by atoms with van der Waals surface area (Å²) in [4.78, 5) is 55.2. The zero-order valence-electron chi connectivity index (χ0n) is 31.7. The molecule has 51 heavy (non-hydrogen) atoms. The molecule has 0 radical (unpaired) electrons. The molecule has 0 spiro atoms. The molecule has 13 nitrogen and oxygen atoms in total. The Bertz CT molecular complexity index is 1460. The zero-order valence-corrected chi connectivity index (χ0v) is 31.7. The molecule has 1 aromatic heterocycles. The van der Waals surface area contributed by atoms with Crippen LogP contribution in [0.1, 0.15) is 84.3 Å². The van der Waals surface area contributed by atoms with Gasteiger partial charge in [-0.15, -0.1) is 0 Å². The van der Waals surface area contributed by atoms with E-state index in [0.29, 0.717) is 62.6 Å². The fourth-order valence-electron chi connectivity index (χ4n) is 10.1. The summed E-state index contributed by atoms with van der Waals surface area (Å²) in [6.07, 6.45) is 12.1. The molecule has 0 aromatic carbocycles. The summed E-state index contributed by atoms with van der Waals surface area (Å²) in [6, 6.07) is 0. The predicted molar refractivity (Wildman–Crippen MR) is 189 cm³/mol. The van der Waals surface area contributed by atoms with Crippen LogP contribution in [0.3, 0.4) is 0 Å². The molecule has 284 valence electrons. The number of nitrogens with one attached hydrogen (secondary N) is 1. The lowest BCUT2D eigenvalue weighted by atomic mass is 9.46. The standard InChI is InChI=1S/C38H60N6O7/c1-27(45)23-42(18-20-50-5)35(48)26-43(19-21-51-6)34(47)25-41(4)16-7-17-44-24-33(39-40-44)38(49)15-12-32-30-9-8-28-22-29(46)10-13-36(28,2)31(30)11-14-37(32,38)3/h22,24,30-32,49H,7-21,23,25-26H2,1-6H3/p+1/t30?,31?,32?,36-,37-,38+/m0/s1. The van der Waals surface area contributed by atoms with Gasteiger partial charge in [0, 0.05) is 50.8 Å². The molecule has 1 heterocycles. The van der Waals surface area contributed by atoms with Crippen molar-refractivity contribution in [2.45, 2.75) is 90.7 Å². The molecular weight excluding hydrogens is 652 g/mol. The molecule has 1 aromatic rings. The minimum absolute atomic E-state index is 0.0261. The fraction of sp³-hybridized carbons (Fsp3) is 0.789. The van der Waals surface area contributed by atoms with E-state index in [1.807, 2.05) is 28.9 Å². The molecule has 2 N–H and O–H groups in total. The number of nitrogens with zero attached hydrogens (tertiary/aromatic N) is 5. The highest BCUT2D eigenvalue weighted by molar-refractivity contribution is 5.91. The number of amides is 2. The first kappa shape index (κ1) is 39.2. The summed E-state index contributed by atoms with van der Waals surface area (Å²) in [5.74, 6) is 1.19. The molecule has 0 aliphatic heterocycles. The highest BCUT2D eigenvalue weighted by Crippen LogP contribution is 2.69. The van der Waals surface area contributed by atoms with Crippen molar-refractivity contribution in [3.63, 3.8) is 0 Å². The van der Waals surface area contributed by atoms with Crippen LogP contribution < -0.4 is 4.68 Å². The number of hydrogen-bond acceptors (Lipinski definition) is 9. The van der Waals surface area contributed by atoms with Gasteiger partial charge in [0.15, 0.2) is 12.0 Å². The average Bonchev–Trinajstić information content (AvgIpc) is 3.67. The van der Waals surface area contributed by atoms with E-state index >= 15 is 0 Å². The van der Waals surface area contributed by atoms with E-state index in [-0.39, 0.29) is 66.9 Å². The smallest absolute Gasteiger partial charge is 0.250 e. The molecule has 5 rings (SSSR count). The lowest BCUT2D eigenvalue weighted by Crippen LogP contribution is -2.54. The van der Waals surface area contributed by atoms with Crippen LogP contribution in [-0.4, -0.2) is 127 Å². The second-order valence-electron chi connectivity index (χ2n) is 16.2. The molecule has 0 bridgehead atoms. The van der Waals surface area contributed by atoms with E-state index in [0.717, 1.165) is 44.9 Å². The van der Waals surface area contributed by atoms with Crippen molar-refractivity contribution in [3.8, 4) is 0 Å². The summed E-state index contributed by atoms with van der Waals surface area (Å²) >= 11 is 0. The van der Waals surface area contributed by atoms with Crippen molar-refractivity contribution >= 4 is 23.4 Å². The number of hydrogen-bond donors (Lipinski definition) is 2. The Morgan fingerprint density at radius 1 is 0.941 bits per heavy atom. The minimum atomic E-state index is -1.00. The van der Waals surface area contributed by atoms with Gasteiger partial charge in [0.2, 0.25) is 17.5 Å². The first-order valence-electron chi connectivity index (χ1n) is 18.9. The van der Waals surface area contributed by atoms with E-state index in [2.05, 4.69) is 24.2 Å². The van der Waals surface area contributed by atoms with Crippen molar-refractivity contribution in [1.82, 2.24) is 25.0 Å². The Labute approximate surface area is 303 Å². The number of ketones is 2. The van der Waals surface area contributed by atoms with E-state index in [1.165, 1.54) is 29.4 Å². The van der Waals surface area contributed by atoms with E-state index in [9.17, 15) is 24.3 Å². The van der Waals surface area contributed by atoms with Gasteiger partial charge < -0.3 is 24.4 Å². The van der Waals surface area contributed by atoms with Gasteiger partial charge in [0.05, 0.1) is 32.8 Å². The second-order valence-corrected chi connectivity index (χ2v) is 16.2. The van der Waals surface area contributed by atoms with Crippen molar-refractivity contribution in [2.24, 2.45) is 28.6 Å². The summed E-state index contributed by atoms with van der Waals surface area (Å²) in [5, 5.41) is 20.2. The quantitative estimate of drug-likeness (QED) is 0.232. The van der Waals surface area contributed by atoms with Crippen molar-refractivity contribution in [3.05, 3.63) is 23.5 Å². The molecule has 3 fully saturated rings. The Kier molecular flexibility index (Phi) is 12.6. The molecule has 4 aliphatic rings. The van der Waals surface area contributed by atoms with E-state index < -0.39 is 5.60 Å². The molecule has 0 saturated heterocycles. The Balaban J connectivity index is 1.15. The van der Waals surface area contributed by atoms with Gasteiger partial charge in [-0.3, -0.25) is 24.1 Å². The van der Waals surface area contributed by atoms with Crippen LogP contribution >= 0.6 is 0 Å². The maximum atomic E-state index is 13.3. The van der Waals surface area contributed by atoms with Gasteiger partial charge in [-0.05, 0) is 94.6 Å². The summed E-state index contributed by atoms with van der Waals surface area (Å²) in [7, 11) is 4.97. The number of aromatic nitrogens is 3. The van der Waals surface area contributed by atoms with Crippen LogP contribution in [-0.2, 0) is 40.8 Å². The molecule has 6 atom stereocenters. The number of aliphatic hydroxyl groups is 1. The fourth-order valence-corrected chi connectivity index (χ4v) is 10.1. The topological polar surface area (TPSA) is 149 Å². The molecule has 3 unspecified atom stereocenters. The minimum Gasteiger partial charge on any atom is -0.383 e. The molecular formula is C38H61N6O7+. The maximum absolute atomic E-state index is 13.3. The molecule has 4 aliphatic carbocycles. The third-order valence-corrected chi connectivity index (χ3v) is 13.0. The lowest BCUT2D eigenvalue weighted by molar-refractivity contribution is -0.754. The van der Waals surface area contributed by atoms with Crippen LogP contribution in [0.4, 0.5) is 0 Å². The highest BCUT2D eigenvalue weighted by atomic mass is 16.5. The van der Waals surface area contributed by atoms with Gasteiger partial charge >= 0.3 is 0 Å². The summed E-state index contributed by atoms with van der Waals surface area (Å²) < 4.78 is 12.2. The molecule has 13 heteroatoms. The normalized spacial score (nSPS) is 30.0. The Hall–Kier alpha value is -3.00. The van der Waals surface area contributed by atoms with Crippen LogP contribution in [0.5, 0.6) is 0 Å². The third kappa shape index (κ3) is 8.16. The van der Waals surface area contributed by atoms with Gasteiger partial charge in [0.25, 0.3) is 0 Å². The molecule has 2 amide bonds. The van der Waals surface area contributed by atoms with Crippen LogP contribution in [0.25, 0.3) is 0 Å². The first-order valence-corrected chi connectivity index (χ1v) is 18.9. The number of likely N-dealkylation sites (N-methyl/N-ethyl adjacent to an activating group) is 1. The van der Waals surface area contributed by atoms with Crippen molar-refractivity contribution < 1.29 is 38.4 Å². The number of aromatic amines is 1. The average molecular weight is 714 g/mol. The Morgan fingerprint density at radius 2 is 1.61 bits per heavy atom. The number of rotatable bonds is 17. The summed E-state index contributed by atoms with van der Waals surface area (Å²) in [5.41, 5.74) is 0.924. The monoisotopic (exact) mass is 713 g/mol. The van der Waals surface area contributed by atoms with Gasteiger partial charge in [-0.2, -0.15) is 4.68 Å². The van der Waals surface area contributed by atoms with Crippen molar-refractivity contribution in [2.75, 3.05) is 73.7 Å². The van der Waals surface area contributed by atoms with Crippen LogP contribution in [0.2, 0.25) is 0 Å². The number of H-pyrrole nitrogens is 1. The second kappa shape index (κ2) is 16.3. The predicted octanol–water partition coefficient (Wildman–Crippen LogP) is 2.28. The first-order chi connectivity index (χ1) is 24.3. The molecule has 3 saturated carbocycles. The van der Waals surface area contributed by atoms with Crippen LogP contribution in [0, 0.1) is 28.6 Å². The van der Waals surface area contributed by atoms with Gasteiger partial charge in [-0.25, -0.2) is 0 Å². The summed E-state index contributed by atoms with van der Waals surface area (Å²) in [6.45, 7) is 8.49. The Morgan fingerprint density at radius 3 is 2.29 bits per heavy atom. The number of aryl methyl sites for hydroxylation is 1. The number of allylic oxidation sites excluding steroid dienone is 1. The van der Waals surface area contributed by atoms with Gasteiger partial charge in [-0.1, -0.05) is 24.6 Å². The largest absolute Gasteiger partial charge is 0.383 e. The van der Waals surface area contributed by atoms with Gasteiger partial charge in [0.1, 0.15) is 17.9 Å². The van der Waals surface area contributed by atoms with E-state index in [1.54, 1.807) is 7.11 Å². The lowest BCUT2D eigenvalue weighted by Gasteiger charge is -2.58. The maximum Gasteiger partial charge on any atom is 0.250 e. The van der Waals surface area contributed by atoms with E-state index in [4.69, 9.17) is 9.47 Å². The highest BCUT2D eigenvalue weighted by Gasteiger charge is 2.66. The number of fused-ring (bicyclic) bond motifs is 5. The number of methoxy groups -OCH3 is 2. The number of Topliss-reactive ketones (excluding diaryl/α,β-unsaturated/α-hetero) is 1. The number of ether oxygens (including phenoxy) is 2. The zero-order chi connectivity index (χ0) is 37.0. The van der Waals surface area contributed by atoms with Crippen LogP contribution in [0.15, 0.2) is 17.8 Å².